The van der Waals surface area contributed by atoms with Gasteiger partial charge in [-0.1, -0.05) is 57.4 Å². The summed E-state index contributed by atoms with van der Waals surface area (Å²) in [5.41, 5.74) is 8.08. The molecule has 3 aromatic carbocycles. The molecule has 174 valence electrons. The van der Waals surface area contributed by atoms with Gasteiger partial charge >= 0.3 is 0 Å². The van der Waals surface area contributed by atoms with E-state index in [0.29, 0.717) is 24.3 Å². The lowest BCUT2D eigenvalue weighted by Gasteiger charge is -2.15. The summed E-state index contributed by atoms with van der Waals surface area (Å²) in [4.78, 5) is 12.8. The minimum absolute atomic E-state index is 0.0253. The largest absolute Gasteiger partial charge is 0.494 e. The number of nitrogens with one attached hydrogen (secondary N) is 1. The third-order valence-corrected chi connectivity index (χ3v) is 6.16. The Morgan fingerprint density at radius 1 is 1.03 bits per heavy atom. The maximum absolute atomic E-state index is 12.8. The summed E-state index contributed by atoms with van der Waals surface area (Å²) >= 11 is 3.69. The average Bonchev–Trinajstić information content (AvgIpc) is 2.76. The van der Waals surface area contributed by atoms with Gasteiger partial charge in [-0.05, 0) is 81.1 Å². The molecule has 0 aliphatic carbocycles. The lowest BCUT2D eigenvalue weighted by atomic mass is 9.98. The maximum atomic E-state index is 12.8. The van der Waals surface area contributed by atoms with Crippen LogP contribution in [0.15, 0.2) is 58.6 Å². The Kier molecular flexibility index (Phi) is 8.31. The minimum Gasteiger partial charge on any atom is -0.494 e. The monoisotopic (exact) mass is 516 g/mol. The number of anilines is 1. The van der Waals surface area contributed by atoms with Crippen LogP contribution in [0.25, 0.3) is 6.08 Å². The predicted octanol–water partition coefficient (Wildman–Crippen LogP) is 7.22. The van der Waals surface area contributed by atoms with Gasteiger partial charge in [0.25, 0.3) is 5.91 Å². The number of rotatable bonds is 7. The molecule has 0 atom stereocenters. The van der Waals surface area contributed by atoms with E-state index >= 15 is 0 Å². The zero-order valence-electron chi connectivity index (χ0n) is 20.3. The van der Waals surface area contributed by atoms with Crippen LogP contribution in [-0.2, 0) is 11.2 Å². The molecule has 0 bridgehead atoms. The number of benzene rings is 3. The van der Waals surface area contributed by atoms with Crippen molar-refractivity contribution in [1.29, 1.82) is 5.26 Å². The van der Waals surface area contributed by atoms with E-state index in [0.717, 1.165) is 26.9 Å². The Balaban J connectivity index is 1.94. The van der Waals surface area contributed by atoms with Gasteiger partial charge in [-0.2, -0.15) is 5.26 Å². The van der Waals surface area contributed by atoms with E-state index < -0.39 is 5.91 Å². The molecule has 3 rings (SSSR count). The number of hydrogen-bond donors (Lipinski definition) is 1. The van der Waals surface area contributed by atoms with E-state index in [1.54, 1.807) is 6.08 Å². The Labute approximate surface area is 210 Å². The summed E-state index contributed by atoms with van der Waals surface area (Å²) in [6.07, 6.45) is 2.30. The highest BCUT2D eigenvalue weighted by molar-refractivity contribution is 9.10. The molecule has 1 N–H and O–H groups in total. The zero-order valence-corrected chi connectivity index (χ0v) is 21.8. The molecule has 0 heterocycles. The second-order valence-corrected chi connectivity index (χ2v) is 9.38. The molecule has 0 spiro atoms. The normalized spacial score (nSPS) is 11.1. The van der Waals surface area contributed by atoms with Crippen LogP contribution >= 0.6 is 15.9 Å². The van der Waals surface area contributed by atoms with Gasteiger partial charge in [0, 0.05) is 22.1 Å². The molecule has 4 nitrogen and oxygen atoms in total. The summed E-state index contributed by atoms with van der Waals surface area (Å²) in [6, 6.07) is 18.2. The summed E-state index contributed by atoms with van der Waals surface area (Å²) < 4.78 is 6.82. The molecule has 5 heteroatoms. The van der Waals surface area contributed by atoms with Crippen LogP contribution in [0, 0.1) is 39.0 Å². The van der Waals surface area contributed by atoms with Crippen molar-refractivity contribution in [3.05, 3.63) is 97.5 Å². The molecule has 0 fully saturated rings. The number of nitriles is 1. The van der Waals surface area contributed by atoms with Crippen LogP contribution in [0.1, 0.15) is 45.9 Å². The van der Waals surface area contributed by atoms with Crippen LogP contribution in [0.2, 0.25) is 0 Å². The summed E-state index contributed by atoms with van der Waals surface area (Å²) in [7, 11) is 0. The molecule has 0 saturated carbocycles. The quantitative estimate of drug-likeness (QED) is 0.266. The van der Waals surface area contributed by atoms with E-state index in [1.165, 1.54) is 16.7 Å². The first kappa shape index (κ1) is 25.3. The topological polar surface area (TPSA) is 62.1 Å². The maximum Gasteiger partial charge on any atom is 0.266 e. The molecule has 1 amide bonds. The highest BCUT2D eigenvalue weighted by Gasteiger charge is 2.15. The van der Waals surface area contributed by atoms with E-state index in [9.17, 15) is 10.1 Å². The molecule has 0 saturated heterocycles. The number of amides is 1. The molecular formula is C29H29BrN2O2. The van der Waals surface area contributed by atoms with Gasteiger partial charge in [0.1, 0.15) is 17.4 Å². The van der Waals surface area contributed by atoms with Crippen LogP contribution in [-0.4, -0.2) is 12.5 Å². The number of halogens is 1. The van der Waals surface area contributed by atoms with Gasteiger partial charge in [0.15, 0.2) is 0 Å². The van der Waals surface area contributed by atoms with Crippen molar-refractivity contribution in [3.8, 4) is 11.8 Å². The summed E-state index contributed by atoms with van der Waals surface area (Å²) in [5.74, 6) is 0.291. The van der Waals surface area contributed by atoms with Crippen LogP contribution < -0.4 is 10.1 Å². The molecular weight excluding hydrogens is 488 g/mol. The minimum atomic E-state index is -0.440. The number of ether oxygens (including phenoxy) is 1. The van der Waals surface area contributed by atoms with Gasteiger partial charge in [-0.25, -0.2) is 0 Å². The van der Waals surface area contributed by atoms with E-state index in [-0.39, 0.29) is 5.57 Å². The molecule has 34 heavy (non-hydrogen) atoms. The molecule has 3 aromatic rings. The van der Waals surface area contributed by atoms with Crippen LogP contribution in [0.4, 0.5) is 5.69 Å². The van der Waals surface area contributed by atoms with Gasteiger partial charge in [0.2, 0.25) is 0 Å². The second-order valence-electron chi connectivity index (χ2n) is 8.53. The lowest BCUT2D eigenvalue weighted by Crippen LogP contribution is -2.14. The fraction of sp³-hybridized carbons (Fsp3) is 0.241. The van der Waals surface area contributed by atoms with Crippen molar-refractivity contribution in [2.24, 2.45) is 0 Å². The first-order valence-corrected chi connectivity index (χ1v) is 12.0. The number of carbonyl (C=O) groups is 1. The van der Waals surface area contributed by atoms with E-state index in [1.807, 2.05) is 57.2 Å². The predicted molar refractivity (Wildman–Crippen MR) is 142 cm³/mol. The molecule has 0 aliphatic rings. The molecule has 0 radical (unpaired) electrons. The van der Waals surface area contributed by atoms with Crippen LogP contribution in [0.5, 0.6) is 5.75 Å². The number of aryl methyl sites for hydroxylation is 4. The van der Waals surface area contributed by atoms with Crippen molar-refractivity contribution in [3.63, 3.8) is 0 Å². The zero-order chi connectivity index (χ0) is 24.8. The Morgan fingerprint density at radius 2 is 1.74 bits per heavy atom. The smallest absolute Gasteiger partial charge is 0.266 e. The summed E-state index contributed by atoms with van der Waals surface area (Å²) in [6.45, 7) is 10.5. The first-order chi connectivity index (χ1) is 16.2. The molecule has 0 unspecified atom stereocenters. The SMILES string of the molecule is CCOc1cc(/C=C(\C#N)C(=O)Nc2cc(C)ccc2C)cc(Br)c1Cc1cc(C)cc(C)c1. The Morgan fingerprint density at radius 3 is 2.38 bits per heavy atom. The number of carbonyl (C=O) groups excluding carboxylic acids is 1. The molecule has 0 aromatic heterocycles. The summed E-state index contributed by atoms with van der Waals surface area (Å²) in [5, 5.41) is 12.5. The third-order valence-electron chi connectivity index (χ3n) is 5.46. The van der Waals surface area contributed by atoms with Crippen molar-refractivity contribution in [2.75, 3.05) is 11.9 Å². The lowest BCUT2D eigenvalue weighted by molar-refractivity contribution is -0.112. The van der Waals surface area contributed by atoms with Crippen LogP contribution in [0.3, 0.4) is 0 Å². The van der Waals surface area contributed by atoms with Gasteiger partial charge in [-0.15, -0.1) is 0 Å². The van der Waals surface area contributed by atoms with E-state index in [4.69, 9.17) is 4.74 Å². The highest BCUT2D eigenvalue weighted by Crippen LogP contribution is 2.33. The van der Waals surface area contributed by atoms with Crippen molar-refractivity contribution < 1.29 is 9.53 Å². The fourth-order valence-electron chi connectivity index (χ4n) is 3.92. The highest BCUT2D eigenvalue weighted by atomic mass is 79.9. The van der Waals surface area contributed by atoms with Gasteiger partial charge in [0.05, 0.1) is 6.61 Å². The number of hydrogen-bond acceptors (Lipinski definition) is 3. The van der Waals surface area contributed by atoms with E-state index in [2.05, 4.69) is 53.3 Å². The average molecular weight is 517 g/mol. The van der Waals surface area contributed by atoms with Crippen molar-refractivity contribution in [1.82, 2.24) is 0 Å². The third kappa shape index (κ3) is 6.36. The van der Waals surface area contributed by atoms with Crippen molar-refractivity contribution >= 4 is 33.6 Å². The first-order valence-electron chi connectivity index (χ1n) is 11.2. The Bertz CT molecular complexity index is 1280. The van der Waals surface area contributed by atoms with Gasteiger partial charge < -0.3 is 10.1 Å². The molecule has 0 aliphatic heterocycles. The standard InChI is InChI=1S/C29H29BrN2O2/c1-6-34-28-16-23(15-26(30)25(28)14-22-10-19(3)9-20(4)11-22)13-24(17-31)29(33)32-27-12-18(2)7-8-21(27)5/h7-13,15-16H,6,14H2,1-5H3,(H,32,33)/b24-13+. The Hall–Kier alpha value is -3.36. The van der Waals surface area contributed by atoms with Crippen molar-refractivity contribution in [2.45, 2.75) is 41.0 Å². The fourth-order valence-corrected chi connectivity index (χ4v) is 4.52. The number of nitrogens with zero attached hydrogens (tertiary/aromatic N) is 1. The second kappa shape index (κ2) is 11.2. The van der Waals surface area contributed by atoms with Gasteiger partial charge in [-0.3, -0.25) is 4.79 Å².